The summed E-state index contributed by atoms with van der Waals surface area (Å²) in [5.41, 5.74) is 0.354. The van der Waals surface area contributed by atoms with E-state index in [4.69, 9.17) is 4.74 Å². The van der Waals surface area contributed by atoms with Gasteiger partial charge in [0.2, 0.25) is 10.0 Å². The van der Waals surface area contributed by atoms with Crippen LogP contribution in [0.5, 0.6) is 0 Å². The van der Waals surface area contributed by atoms with Gasteiger partial charge in [0.1, 0.15) is 0 Å². The van der Waals surface area contributed by atoms with Crippen molar-refractivity contribution in [1.82, 2.24) is 14.5 Å². The van der Waals surface area contributed by atoms with E-state index in [1.807, 2.05) is 25.5 Å². The zero-order chi connectivity index (χ0) is 24.7. The molecule has 1 unspecified atom stereocenters. The maximum Gasteiger partial charge on any atom is 0.309 e. The molecule has 2 aromatic rings. The van der Waals surface area contributed by atoms with Crippen molar-refractivity contribution in [3.63, 3.8) is 0 Å². The summed E-state index contributed by atoms with van der Waals surface area (Å²) < 4.78 is 32.7. The third kappa shape index (κ3) is 6.51. The monoisotopic (exact) mass is 507 g/mol. The highest BCUT2D eigenvalue weighted by Crippen LogP contribution is 2.25. The predicted octanol–water partition coefficient (Wildman–Crippen LogP) is 2.79. The lowest BCUT2D eigenvalue weighted by Gasteiger charge is -2.30. The second-order valence-electron chi connectivity index (χ2n) is 8.51. The Hall–Kier alpha value is -2.11. The van der Waals surface area contributed by atoms with Gasteiger partial charge in [-0.1, -0.05) is 18.2 Å². The molecule has 1 aliphatic heterocycles. The molecule has 8 nitrogen and oxygen atoms in total. The van der Waals surface area contributed by atoms with E-state index in [-0.39, 0.29) is 48.2 Å². The number of sulfonamides is 1. The van der Waals surface area contributed by atoms with Gasteiger partial charge in [0.15, 0.2) is 5.78 Å². The fourth-order valence-corrected chi connectivity index (χ4v) is 6.45. The first kappa shape index (κ1) is 26.5. The molecule has 186 valence electrons. The number of nitrogens with one attached hydrogen (secondary N) is 1. The zero-order valence-corrected chi connectivity index (χ0v) is 21.5. The number of hydrogen-bond acceptors (Lipinski definition) is 8. The van der Waals surface area contributed by atoms with E-state index in [2.05, 4.69) is 16.3 Å². The molecule has 1 aromatic carbocycles. The lowest BCUT2D eigenvalue weighted by molar-refractivity contribution is -0.149. The van der Waals surface area contributed by atoms with Crippen LogP contribution in [0.4, 0.5) is 0 Å². The van der Waals surface area contributed by atoms with E-state index in [0.717, 1.165) is 0 Å². The molecule has 0 spiro atoms. The van der Waals surface area contributed by atoms with Crippen molar-refractivity contribution < 1.29 is 22.7 Å². The summed E-state index contributed by atoms with van der Waals surface area (Å²) >= 11 is 1.67. The predicted molar refractivity (Wildman–Crippen MR) is 133 cm³/mol. The molecule has 2 heterocycles. The van der Waals surface area contributed by atoms with Gasteiger partial charge in [-0.15, -0.1) is 11.3 Å². The van der Waals surface area contributed by atoms with Crippen LogP contribution in [0.2, 0.25) is 0 Å². The summed E-state index contributed by atoms with van der Waals surface area (Å²) in [5.74, 6) is -0.706. The highest BCUT2D eigenvalue weighted by molar-refractivity contribution is 7.89. The summed E-state index contributed by atoms with van der Waals surface area (Å²) in [4.78, 5) is 28.1. The number of ether oxygens (including phenoxy) is 1. The summed E-state index contributed by atoms with van der Waals surface area (Å²) in [7, 11) is 0.245. The quantitative estimate of drug-likeness (QED) is 0.369. The van der Waals surface area contributed by atoms with E-state index in [9.17, 15) is 18.0 Å². The third-order valence-corrected chi connectivity index (χ3v) is 8.85. The van der Waals surface area contributed by atoms with Crippen molar-refractivity contribution in [1.29, 1.82) is 0 Å². The summed E-state index contributed by atoms with van der Waals surface area (Å²) in [6.07, 6.45) is 0.857. The molecule has 0 bridgehead atoms. The van der Waals surface area contributed by atoms with Crippen LogP contribution in [0.15, 0.2) is 46.7 Å². The van der Waals surface area contributed by atoms with Crippen molar-refractivity contribution in [3.8, 4) is 0 Å². The Morgan fingerprint density at radius 3 is 2.56 bits per heavy atom. The average Bonchev–Trinajstić information content (AvgIpc) is 3.36. The topological polar surface area (TPSA) is 96.0 Å². The number of benzene rings is 1. The molecule has 1 saturated heterocycles. The molecule has 0 radical (unpaired) electrons. The highest BCUT2D eigenvalue weighted by atomic mass is 32.2. The van der Waals surface area contributed by atoms with Gasteiger partial charge in [0.05, 0.1) is 30.0 Å². The molecule has 1 fully saturated rings. The molecular weight excluding hydrogens is 474 g/mol. The Morgan fingerprint density at radius 2 is 1.94 bits per heavy atom. The molecule has 34 heavy (non-hydrogen) atoms. The number of rotatable bonds is 11. The number of esters is 1. The van der Waals surface area contributed by atoms with Crippen LogP contribution in [0.1, 0.15) is 41.0 Å². The number of piperidine rings is 1. The first-order chi connectivity index (χ1) is 16.2. The van der Waals surface area contributed by atoms with Crippen molar-refractivity contribution in [2.45, 2.75) is 30.7 Å². The van der Waals surface area contributed by atoms with Crippen LogP contribution in [-0.2, 0) is 19.6 Å². The summed E-state index contributed by atoms with van der Waals surface area (Å²) in [6, 6.07) is 10.4. The Morgan fingerprint density at radius 1 is 1.21 bits per heavy atom. The molecule has 0 amide bonds. The first-order valence-corrected chi connectivity index (χ1v) is 13.8. The standard InChI is InChI=1S/C24H33N3O5S2/c1-4-32-24(29)18-10-12-27(13-11-18)34(30,31)20-8-5-7-19(15-20)22(28)17-25-16-21(26(2)3)23-9-6-14-33-23/h5-9,14-15,18,21,25H,4,10-13,16-17H2,1-3H3. The Bertz CT molecular complexity index is 1060. The molecule has 1 atom stereocenters. The fourth-order valence-electron chi connectivity index (χ4n) is 4.01. The minimum Gasteiger partial charge on any atom is -0.466 e. The Kier molecular flexibility index (Phi) is 9.38. The van der Waals surface area contributed by atoms with Gasteiger partial charge in [0, 0.05) is 30.1 Å². The average molecular weight is 508 g/mol. The number of hydrogen-bond donors (Lipinski definition) is 1. The summed E-state index contributed by atoms with van der Waals surface area (Å²) in [6.45, 7) is 3.29. The second kappa shape index (κ2) is 12.0. The Balaban J connectivity index is 1.60. The van der Waals surface area contributed by atoms with Crippen LogP contribution in [0, 0.1) is 5.92 Å². The number of thiophene rings is 1. The number of Topliss-reactive ketones (excluding diaryl/α,β-unsaturated/α-hetero) is 1. The molecule has 1 N–H and O–H groups in total. The number of ketones is 1. The molecular formula is C24H33N3O5S2. The van der Waals surface area contributed by atoms with Gasteiger partial charge < -0.3 is 15.0 Å². The van der Waals surface area contributed by atoms with Crippen molar-refractivity contribution in [3.05, 3.63) is 52.2 Å². The maximum absolute atomic E-state index is 13.2. The number of likely N-dealkylation sites (N-methyl/N-ethyl adjacent to an activating group) is 1. The third-order valence-electron chi connectivity index (χ3n) is 5.99. The van der Waals surface area contributed by atoms with Crippen LogP contribution in [0.3, 0.4) is 0 Å². The largest absolute Gasteiger partial charge is 0.466 e. The summed E-state index contributed by atoms with van der Waals surface area (Å²) in [5, 5.41) is 5.24. The fraction of sp³-hybridized carbons (Fsp3) is 0.500. The van der Waals surface area contributed by atoms with Gasteiger partial charge in [0.25, 0.3) is 0 Å². The minimum atomic E-state index is -3.75. The molecule has 1 aliphatic rings. The Labute approximate surface area is 205 Å². The van der Waals surface area contributed by atoms with E-state index < -0.39 is 10.0 Å². The lowest BCUT2D eigenvalue weighted by atomic mass is 9.98. The van der Waals surface area contributed by atoms with Gasteiger partial charge >= 0.3 is 5.97 Å². The second-order valence-corrected chi connectivity index (χ2v) is 11.4. The van der Waals surface area contributed by atoms with Crippen molar-refractivity contribution in [2.24, 2.45) is 5.92 Å². The smallest absolute Gasteiger partial charge is 0.309 e. The van der Waals surface area contributed by atoms with Gasteiger partial charge in [-0.25, -0.2) is 8.42 Å². The SMILES string of the molecule is CCOC(=O)C1CCN(S(=O)(=O)c2cccc(C(=O)CNCC(c3cccs3)N(C)C)c2)CC1. The van der Waals surface area contributed by atoms with Crippen LogP contribution < -0.4 is 5.32 Å². The molecule has 1 aromatic heterocycles. The molecule has 3 rings (SSSR count). The first-order valence-electron chi connectivity index (χ1n) is 11.4. The van der Waals surface area contributed by atoms with Crippen molar-refractivity contribution >= 4 is 33.1 Å². The van der Waals surface area contributed by atoms with E-state index >= 15 is 0 Å². The van der Waals surface area contributed by atoms with E-state index in [0.29, 0.717) is 31.6 Å². The maximum atomic E-state index is 13.2. The van der Waals surface area contributed by atoms with Gasteiger partial charge in [-0.2, -0.15) is 4.31 Å². The van der Waals surface area contributed by atoms with Crippen LogP contribution >= 0.6 is 11.3 Å². The van der Waals surface area contributed by atoms with E-state index in [1.54, 1.807) is 30.4 Å². The number of carbonyl (C=O) groups excluding carboxylic acids is 2. The molecule has 10 heteroatoms. The van der Waals surface area contributed by atoms with Crippen LogP contribution in [-0.4, -0.2) is 76.3 Å². The zero-order valence-electron chi connectivity index (χ0n) is 19.9. The van der Waals surface area contributed by atoms with Crippen molar-refractivity contribution in [2.75, 3.05) is 46.9 Å². The van der Waals surface area contributed by atoms with E-state index in [1.165, 1.54) is 21.3 Å². The molecule has 0 aliphatic carbocycles. The highest BCUT2D eigenvalue weighted by Gasteiger charge is 2.33. The van der Waals surface area contributed by atoms with Crippen LogP contribution in [0.25, 0.3) is 0 Å². The number of nitrogens with zero attached hydrogens (tertiary/aromatic N) is 2. The normalized spacial score (nSPS) is 16.5. The minimum absolute atomic E-state index is 0.0951. The lowest BCUT2D eigenvalue weighted by Crippen LogP contribution is -2.40. The van der Waals surface area contributed by atoms with Gasteiger partial charge in [-0.3, -0.25) is 9.59 Å². The number of carbonyl (C=O) groups is 2. The molecule has 0 saturated carbocycles. The van der Waals surface area contributed by atoms with Gasteiger partial charge in [-0.05, 0) is 57.4 Å².